The lowest BCUT2D eigenvalue weighted by Crippen LogP contribution is -2.11. The van der Waals surface area contributed by atoms with Crippen LogP contribution in [0.25, 0.3) is 0 Å². The van der Waals surface area contributed by atoms with Crippen LogP contribution in [0.2, 0.25) is 0 Å². The van der Waals surface area contributed by atoms with Crippen LogP contribution < -0.4 is 11.5 Å². The summed E-state index contributed by atoms with van der Waals surface area (Å²) in [6, 6.07) is 0. The van der Waals surface area contributed by atoms with Gasteiger partial charge >= 0.3 is 31.3 Å². The standard InChI is InChI=1S/C2H8N2.4C2H5O4P/c3-1-2-4;4*3-7(4)5-1-2-6-7/h1-4H2;4*1-2H2,(H,3,4). The predicted octanol–water partition coefficient (Wildman–Crippen LogP) is -0.562. The maximum absolute atomic E-state index is 10.1. The summed E-state index contributed by atoms with van der Waals surface area (Å²) in [5.74, 6) is 0. The summed E-state index contributed by atoms with van der Waals surface area (Å²) in [6.45, 7) is 3.03. The van der Waals surface area contributed by atoms with Gasteiger partial charge in [-0.1, -0.05) is 0 Å². The second-order valence-corrected chi connectivity index (χ2v) is 10.9. The molecule has 194 valence electrons. The van der Waals surface area contributed by atoms with Crippen molar-refractivity contribution in [3.05, 3.63) is 0 Å². The summed E-state index contributed by atoms with van der Waals surface area (Å²) in [7, 11) is -14.2. The molecule has 4 rings (SSSR count). The first kappa shape index (κ1) is 32.4. The number of rotatable bonds is 1. The van der Waals surface area contributed by atoms with Crippen molar-refractivity contribution >= 4 is 31.3 Å². The van der Waals surface area contributed by atoms with Gasteiger partial charge in [0.1, 0.15) is 0 Å². The Hall–Kier alpha value is 0.360. The monoisotopic (exact) mass is 556 g/mol. The number of hydrogen-bond donors (Lipinski definition) is 6. The van der Waals surface area contributed by atoms with Gasteiger partial charge in [0.2, 0.25) is 0 Å². The molecule has 8 N–H and O–H groups in total. The summed E-state index contributed by atoms with van der Waals surface area (Å²) in [4.78, 5) is 33.2. The molecule has 22 heteroatoms. The molecule has 4 fully saturated rings. The van der Waals surface area contributed by atoms with Crippen LogP contribution in [0.15, 0.2) is 0 Å². The summed E-state index contributed by atoms with van der Waals surface area (Å²) in [5.41, 5.74) is 9.81. The highest BCUT2D eigenvalue weighted by Crippen LogP contribution is 2.48. The molecule has 18 nitrogen and oxygen atoms in total. The Kier molecular flexibility index (Phi) is 16.3. The maximum Gasteiger partial charge on any atom is 0.472 e. The van der Waals surface area contributed by atoms with Gasteiger partial charge in [-0.15, -0.1) is 0 Å². The van der Waals surface area contributed by atoms with Gasteiger partial charge in [0.05, 0.1) is 52.9 Å². The molecule has 4 aliphatic heterocycles. The van der Waals surface area contributed by atoms with Crippen molar-refractivity contribution < 1.29 is 74.0 Å². The number of hydrogen-bond acceptors (Lipinski definition) is 14. The first-order valence-electron chi connectivity index (χ1n) is 8.62. The average Bonchev–Trinajstić information content (AvgIpc) is 3.48. The Morgan fingerprint density at radius 3 is 0.594 bits per heavy atom. The van der Waals surface area contributed by atoms with Crippen LogP contribution in [0, 0.1) is 0 Å². The fourth-order valence-corrected chi connectivity index (χ4v) is 4.11. The minimum atomic E-state index is -3.54. The molecule has 4 heterocycles. The molecule has 0 atom stereocenters. The van der Waals surface area contributed by atoms with E-state index in [1.807, 2.05) is 0 Å². The Labute approximate surface area is 183 Å². The molecule has 4 aliphatic rings. The Bertz CT molecular complexity index is 554. The highest BCUT2D eigenvalue weighted by Gasteiger charge is 2.27. The fraction of sp³-hybridized carbons (Fsp3) is 1.00. The summed E-state index contributed by atoms with van der Waals surface area (Å²) in [6.07, 6.45) is 0. The number of nitrogens with two attached hydrogens (primary N) is 2. The van der Waals surface area contributed by atoms with Crippen LogP contribution >= 0.6 is 31.3 Å². The normalized spacial score (nSPS) is 25.6. The third kappa shape index (κ3) is 18.7. The molecule has 0 aliphatic carbocycles. The van der Waals surface area contributed by atoms with Crippen LogP contribution in [0.1, 0.15) is 0 Å². The zero-order chi connectivity index (χ0) is 24.7. The van der Waals surface area contributed by atoms with Gasteiger partial charge in [0.25, 0.3) is 0 Å². The van der Waals surface area contributed by atoms with Gasteiger partial charge < -0.3 is 31.0 Å². The SMILES string of the molecule is NCCN.O=P1(O)OCCO1.O=P1(O)OCCO1.O=P1(O)OCCO1.O=P1(O)OCCO1. The van der Waals surface area contributed by atoms with E-state index in [2.05, 4.69) is 36.2 Å². The largest absolute Gasteiger partial charge is 0.472 e. The van der Waals surface area contributed by atoms with Crippen molar-refractivity contribution in [3.8, 4) is 0 Å². The zero-order valence-corrected chi connectivity index (χ0v) is 20.3. The second-order valence-electron chi connectivity index (χ2n) is 5.12. The third-order valence-corrected chi connectivity index (χ3v) is 6.61. The van der Waals surface area contributed by atoms with E-state index in [9.17, 15) is 18.3 Å². The van der Waals surface area contributed by atoms with Gasteiger partial charge in [-0.25, -0.2) is 18.3 Å². The Morgan fingerprint density at radius 1 is 0.438 bits per heavy atom. The van der Waals surface area contributed by atoms with Gasteiger partial charge in [-0.2, -0.15) is 0 Å². The van der Waals surface area contributed by atoms with E-state index in [4.69, 9.17) is 31.0 Å². The van der Waals surface area contributed by atoms with E-state index in [1.54, 1.807) is 0 Å². The molecule has 0 amide bonds. The van der Waals surface area contributed by atoms with E-state index < -0.39 is 31.3 Å². The molecular weight excluding hydrogens is 528 g/mol. The first-order valence-corrected chi connectivity index (χ1v) is 14.6. The molecule has 0 unspecified atom stereocenters. The molecule has 0 aromatic rings. The van der Waals surface area contributed by atoms with Crippen molar-refractivity contribution in [2.24, 2.45) is 11.5 Å². The summed E-state index contributed by atoms with van der Waals surface area (Å²) < 4.78 is 74.3. The highest BCUT2D eigenvalue weighted by atomic mass is 31.2. The van der Waals surface area contributed by atoms with Crippen LogP contribution in [0.3, 0.4) is 0 Å². The zero-order valence-electron chi connectivity index (χ0n) is 16.7. The number of phosphoric acid groups is 4. The minimum absolute atomic E-state index is 0.230. The molecule has 0 radical (unpaired) electrons. The second kappa shape index (κ2) is 16.1. The first-order chi connectivity index (χ1) is 14.7. The third-order valence-electron chi connectivity index (χ3n) is 2.54. The molecule has 0 spiro atoms. The van der Waals surface area contributed by atoms with Gasteiger partial charge in [-0.3, -0.25) is 36.2 Å². The van der Waals surface area contributed by atoms with E-state index in [0.29, 0.717) is 13.1 Å². The molecular formula is C10H28N2O16P4. The van der Waals surface area contributed by atoms with E-state index in [1.165, 1.54) is 0 Å². The maximum atomic E-state index is 10.1. The lowest BCUT2D eigenvalue weighted by atomic mass is 10.7. The van der Waals surface area contributed by atoms with Crippen molar-refractivity contribution in [1.29, 1.82) is 0 Å². The van der Waals surface area contributed by atoms with E-state index in [-0.39, 0.29) is 52.9 Å². The van der Waals surface area contributed by atoms with Crippen molar-refractivity contribution in [1.82, 2.24) is 0 Å². The van der Waals surface area contributed by atoms with Crippen LogP contribution in [-0.2, 0) is 54.5 Å². The molecule has 32 heavy (non-hydrogen) atoms. The predicted molar refractivity (Wildman–Crippen MR) is 105 cm³/mol. The Morgan fingerprint density at radius 2 is 0.562 bits per heavy atom. The van der Waals surface area contributed by atoms with Crippen LogP contribution in [0.4, 0.5) is 0 Å². The lowest BCUT2D eigenvalue weighted by Gasteiger charge is -1.94. The van der Waals surface area contributed by atoms with Gasteiger partial charge in [0, 0.05) is 13.1 Å². The molecule has 0 saturated carbocycles. The topological polar surface area (TPSA) is 275 Å². The summed E-state index contributed by atoms with van der Waals surface area (Å²) in [5, 5.41) is 0. The quantitative estimate of drug-likeness (QED) is 0.221. The molecule has 4 saturated heterocycles. The fourth-order valence-electron chi connectivity index (χ4n) is 1.37. The van der Waals surface area contributed by atoms with Gasteiger partial charge in [0.15, 0.2) is 0 Å². The summed E-state index contributed by atoms with van der Waals surface area (Å²) >= 11 is 0. The smallest absolute Gasteiger partial charge is 0.329 e. The minimum Gasteiger partial charge on any atom is -0.329 e. The van der Waals surface area contributed by atoms with Crippen LogP contribution in [0.5, 0.6) is 0 Å². The molecule has 0 aromatic heterocycles. The van der Waals surface area contributed by atoms with Crippen molar-refractivity contribution in [2.75, 3.05) is 65.9 Å². The lowest BCUT2D eigenvalue weighted by molar-refractivity contribution is 0.260. The van der Waals surface area contributed by atoms with Crippen LogP contribution in [-0.4, -0.2) is 85.5 Å². The van der Waals surface area contributed by atoms with E-state index >= 15 is 0 Å². The van der Waals surface area contributed by atoms with E-state index in [0.717, 1.165) is 0 Å². The average molecular weight is 556 g/mol. The number of phosphoric ester groups is 4. The molecule has 0 aromatic carbocycles. The highest BCUT2D eigenvalue weighted by molar-refractivity contribution is 7.48. The van der Waals surface area contributed by atoms with Gasteiger partial charge in [-0.05, 0) is 0 Å². The van der Waals surface area contributed by atoms with Crippen molar-refractivity contribution in [2.45, 2.75) is 0 Å². The Balaban J connectivity index is 0.000000380. The van der Waals surface area contributed by atoms with Crippen molar-refractivity contribution in [3.63, 3.8) is 0 Å². The molecule has 0 bridgehead atoms.